The van der Waals surface area contributed by atoms with Gasteiger partial charge in [-0.1, -0.05) is 0 Å². The van der Waals surface area contributed by atoms with E-state index in [1.165, 1.54) is 31.4 Å². The lowest BCUT2D eigenvalue weighted by Gasteiger charge is -2.25. The Morgan fingerprint density at radius 1 is 1.32 bits per heavy atom. The molecule has 0 spiro atoms. The lowest BCUT2D eigenvalue weighted by Crippen LogP contribution is -2.47. The fourth-order valence-corrected chi connectivity index (χ4v) is 3.89. The maximum Gasteiger partial charge on any atom is 0.191 e. The van der Waals surface area contributed by atoms with Crippen LogP contribution in [0.25, 0.3) is 0 Å². The summed E-state index contributed by atoms with van der Waals surface area (Å²) in [7, 11) is 6.21. The molecular formula is C14H28N4S. The number of guanidine groups is 1. The van der Waals surface area contributed by atoms with E-state index < -0.39 is 0 Å². The number of rotatable bonds is 6. The quantitative estimate of drug-likeness (QED) is 0.571. The third-order valence-corrected chi connectivity index (χ3v) is 5.45. The molecule has 2 fully saturated rings. The molecule has 1 heterocycles. The third kappa shape index (κ3) is 4.88. The third-order valence-electron chi connectivity index (χ3n) is 4.05. The lowest BCUT2D eigenvalue weighted by molar-refractivity contribution is 0.264. The van der Waals surface area contributed by atoms with Crippen molar-refractivity contribution in [2.75, 3.05) is 40.0 Å². The van der Waals surface area contributed by atoms with Crippen LogP contribution in [-0.2, 0) is 0 Å². The summed E-state index contributed by atoms with van der Waals surface area (Å²) >= 11 is 2.09. The highest BCUT2D eigenvalue weighted by molar-refractivity contribution is 8.00. The zero-order chi connectivity index (χ0) is 13.7. The minimum atomic E-state index is 0.638. The standard InChI is InChI=1S/C14H28N4S/c1-15-14(16-9-12-5-4-8-19-12)17-10-13(18(2)3)11-6-7-11/h11-13H,4-10H2,1-3H3,(H2,15,16,17). The highest BCUT2D eigenvalue weighted by atomic mass is 32.2. The van der Waals surface area contributed by atoms with Gasteiger partial charge in [0.15, 0.2) is 5.96 Å². The van der Waals surface area contributed by atoms with Gasteiger partial charge < -0.3 is 15.5 Å². The smallest absolute Gasteiger partial charge is 0.191 e. The van der Waals surface area contributed by atoms with E-state index in [4.69, 9.17) is 0 Å². The van der Waals surface area contributed by atoms with Crippen molar-refractivity contribution >= 4 is 17.7 Å². The van der Waals surface area contributed by atoms with E-state index in [1.807, 2.05) is 7.05 Å². The first-order valence-electron chi connectivity index (χ1n) is 7.43. The number of aliphatic imine (C=N–C) groups is 1. The maximum absolute atomic E-state index is 4.33. The monoisotopic (exact) mass is 284 g/mol. The highest BCUT2D eigenvalue weighted by Crippen LogP contribution is 2.34. The van der Waals surface area contributed by atoms with Gasteiger partial charge >= 0.3 is 0 Å². The first-order valence-corrected chi connectivity index (χ1v) is 8.48. The predicted molar refractivity (Wildman–Crippen MR) is 85.0 cm³/mol. The first kappa shape index (κ1) is 15.0. The van der Waals surface area contributed by atoms with Crippen LogP contribution in [0.2, 0.25) is 0 Å². The van der Waals surface area contributed by atoms with Crippen LogP contribution in [-0.4, -0.2) is 62.1 Å². The number of likely N-dealkylation sites (N-methyl/N-ethyl adjacent to an activating group) is 1. The average molecular weight is 284 g/mol. The molecule has 0 radical (unpaired) electrons. The van der Waals surface area contributed by atoms with Gasteiger partial charge in [0.2, 0.25) is 0 Å². The Bertz CT molecular complexity index is 294. The SMILES string of the molecule is CN=C(NCC1CCCS1)NCC(C1CC1)N(C)C. The molecule has 1 aliphatic heterocycles. The number of hydrogen-bond donors (Lipinski definition) is 2. The summed E-state index contributed by atoms with van der Waals surface area (Å²) in [5.41, 5.74) is 0. The number of nitrogens with zero attached hydrogens (tertiary/aromatic N) is 2. The van der Waals surface area contributed by atoms with Gasteiger partial charge in [0, 0.05) is 31.4 Å². The minimum Gasteiger partial charge on any atom is -0.355 e. The van der Waals surface area contributed by atoms with Crippen molar-refractivity contribution in [2.24, 2.45) is 10.9 Å². The average Bonchev–Trinajstić information content (AvgIpc) is 3.08. The Hall–Kier alpha value is -0.420. The van der Waals surface area contributed by atoms with E-state index in [9.17, 15) is 0 Å². The van der Waals surface area contributed by atoms with E-state index in [0.717, 1.165) is 30.2 Å². The molecule has 1 aliphatic carbocycles. The van der Waals surface area contributed by atoms with Gasteiger partial charge in [0.1, 0.15) is 0 Å². The summed E-state index contributed by atoms with van der Waals surface area (Å²) in [6, 6.07) is 0.638. The molecule has 0 bridgehead atoms. The lowest BCUT2D eigenvalue weighted by atomic mass is 10.1. The first-order chi connectivity index (χ1) is 9.20. The largest absolute Gasteiger partial charge is 0.355 e. The van der Waals surface area contributed by atoms with Gasteiger partial charge in [0.05, 0.1) is 0 Å². The van der Waals surface area contributed by atoms with Crippen LogP contribution < -0.4 is 10.6 Å². The van der Waals surface area contributed by atoms with Crippen LogP contribution in [0.5, 0.6) is 0 Å². The van der Waals surface area contributed by atoms with Gasteiger partial charge in [-0.3, -0.25) is 4.99 Å². The predicted octanol–water partition coefficient (Wildman–Crippen LogP) is 1.39. The van der Waals surface area contributed by atoms with Crippen molar-refractivity contribution in [3.63, 3.8) is 0 Å². The molecule has 0 aromatic heterocycles. The highest BCUT2D eigenvalue weighted by Gasteiger charge is 2.32. The van der Waals surface area contributed by atoms with Crippen LogP contribution in [0.1, 0.15) is 25.7 Å². The Morgan fingerprint density at radius 2 is 2.11 bits per heavy atom. The van der Waals surface area contributed by atoms with Crippen molar-refractivity contribution in [3.05, 3.63) is 0 Å². The zero-order valence-electron chi connectivity index (χ0n) is 12.5. The van der Waals surface area contributed by atoms with Crippen molar-refractivity contribution in [1.29, 1.82) is 0 Å². The maximum atomic E-state index is 4.33. The van der Waals surface area contributed by atoms with Gasteiger partial charge in [-0.25, -0.2) is 0 Å². The van der Waals surface area contributed by atoms with E-state index in [1.54, 1.807) is 0 Å². The molecular weight excluding hydrogens is 256 g/mol. The molecule has 19 heavy (non-hydrogen) atoms. The summed E-state index contributed by atoms with van der Waals surface area (Å²) in [4.78, 5) is 6.66. The molecule has 1 saturated carbocycles. The molecule has 110 valence electrons. The second-order valence-corrected chi connectivity index (χ2v) is 7.25. The molecule has 2 unspecified atom stereocenters. The van der Waals surface area contributed by atoms with Crippen molar-refractivity contribution < 1.29 is 0 Å². The van der Waals surface area contributed by atoms with E-state index >= 15 is 0 Å². The minimum absolute atomic E-state index is 0.638. The van der Waals surface area contributed by atoms with Crippen molar-refractivity contribution in [1.82, 2.24) is 15.5 Å². The fourth-order valence-electron chi connectivity index (χ4n) is 2.69. The number of nitrogens with one attached hydrogen (secondary N) is 2. The summed E-state index contributed by atoms with van der Waals surface area (Å²) in [6.07, 6.45) is 5.48. The molecule has 5 heteroatoms. The fraction of sp³-hybridized carbons (Fsp3) is 0.929. The van der Waals surface area contributed by atoms with E-state index in [0.29, 0.717) is 6.04 Å². The molecule has 2 atom stereocenters. The number of thioether (sulfide) groups is 1. The van der Waals surface area contributed by atoms with Gasteiger partial charge in [-0.2, -0.15) is 11.8 Å². The van der Waals surface area contributed by atoms with Crippen LogP contribution in [0.15, 0.2) is 4.99 Å². The molecule has 2 N–H and O–H groups in total. The zero-order valence-corrected chi connectivity index (χ0v) is 13.3. The molecule has 4 nitrogen and oxygen atoms in total. The molecule has 1 saturated heterocycles. The summed E-state index contributed by atoms with van der Waals surface area (Å²) < 4.78 is 0. The second kappa shape index (κ2) is 7.39. The molecule has 0 aromatic rings. The van der Waals surface area contributed by atoms with Gasteiger partial charge in [0.25, 0.3) is 0 Å². The van der Waals surface area contributed by atoms with Crippen molar-refractivity contribution in [3.8, 4) is 0 Å². The summed E-state index contributed by atoms with van der Waals surface area (Å²) in [5, 5.41) is 7.72. The number of hydrogen-bond acceptors (Lipinski definition) is 3. The molecule has 0 aromatic carbocycles. The van der Waals surface area contributed by atoms with Crippen LogP contribution in [0, 0.1) is 5.92 Å². The Labute approximate surface area is 121 Å². The molecule has 2 rings (SSSR count). The normalized spacial score (nSPS) is 25.7. The molecule has 0 amide bonds. The van der Waals surface area contributed by atoms with Crippen LogP contribution >= 0.6 is 11.8 Å². The second-order valence-electron chi connectivity index (χ2n) is 5.84. The van der Waals surface area contributed by atoms with Crippen LogP contribution in [0.4, 0.5) is 0 Å². The molecule has 2 aliphatic rings. The Balaban J connectivity index is 1.69. The topological polar surface area (TPSA) is 39.7 Å². The van der Waals surface area contributed by atoms with Crippen molar-refractivity contribution in [2.45, 2.75) is 37.0 Å². The van der Waals surface area contributed by atoms with Crippen LogP contribution in [0.3, 0.4) is 0 Å². The van der Waals surface area contributed by atoms with E-state index in [2.05, 4.69) is 46.4 Å². The Kier molecular flexibility index (Phi) is 5.82. The van der Waals surface area contributed by atoms with Gasteiger partial charge in [-0.05, 0) is 51.4 Å². The summed E-state index contributed by atoms with van der Waals surface area (Å²) in [5.74, 6) is 3.16. The van der Waals surface area contributed by atoms with E-state index in [-0.39, 0.29) is 0 Å². The Morgan fingerprint density at radius 3 is 2.63 bits per heavy atom. The van der Waals surface area contributed by atoms with Gasteiger partial charge in [-0.15, -0.1) is 0 Å². The summed E-state index contributed by atoms with van der Waals surface area (Å²) in [6.45, 7) is 2.04.